The number of aryl methyl sites for hydroxylation is 1. The fourth-order valence-electron chi connectivity index (χ4n) is 3.40. The first-order valence-corrected chi connectivity index (χ1v) is 8.75. The van der Waals surface area contributed by atoms with Crippen molar-refractivity contribution in [3.8, 4) is 5.75 Å². The van der Waals surface area contributed by atoms with E-state index in [1.165, 1.54) is 19.2 Å². The molecule has 0 aliphatic heterocycles. The molecule has 1 fully saturated rings. The number of hydrogen-bond donors (Lipinski definition) is 2. The molecular formula is C20H18ClFN2O2. The summed E-state index contributed by atoms with van der Waals surface area (Å²) in [4.78, 5) is 16.2. The summed E-state index contributed by atoms with van der Waals surface area (Å²) in [5, 5.41) is 4.29. The van der Waals surface area contributed by atoms with E-state index in [4.69, 9.17) is 16.3 Å². The first-order chi connectivity index (χ1) is 12.4. The maximum absolute atomic E-state index is 13.7. The number of nitrogens with one attached hydrogen (secondary N) is 2. The lowest BCUT2D eigenvalue weighted by Gasteiger charge is -2.17. The first kappa shape index (κ1) is 16.9. The molecule has 0 spiro atoms. The van der Waals surface area contributed by atoms with Crippen LogP contribution in [0.1, 0.15) is 24.0 Å². The van der Waals surface area contributed by atoms with E-state index in [1.807, 2.05) is 6.92 Å². The van der Waals surface area contributed by atoms with Gasteiger partial charge in [0.2, 0.25) is 5.91 Å². The number of ether oxygens (including phenoxy) is 1. The van der Waals surface area contributed by atoms with E-state index in [0.717, 1.165) is 34.9 Å². The number of aromatic amines is 1. The molecule has 6 heteroatoms. The van der Waals surface area contributed by atoms with Crippen molar-refractivity contribution in [3.63, 3.8) is 0 Å². The van der Waals surface area contributed by atoms with Gasteiger partial charge in [0.15, 0.2) is 0 Å². The number of fused-ring (bicyclic) bond motifs is 1. The van der Waals surface area contributed by atoms with Gasteiger partial charge in [-0.3, -0.25) is 4.79 Å². The molecular weight excluding hydrogens is 355 g/mol. The van der Waals surface area contributed by atoms with Crippen LogP contribution in [0.2, 0.25) is 5.02 Å². The van der Waals surface area contributed by atoms with Gasteiger partial charge in [0.1, 0.15) is 11.6 Å². The Kier molecular flexibility index (Phi) is 3.92. The minimum absolute atomic E-state index is 0.123. The van der Waals surface area contributed by atoms with E-state index in [-0.39, 0.29) is 11.7 Å². The summed E-state index contributed by atoms with van der Waals surface area (Å²) in [6, 6.07) is 8.05. The molecule has 1 aliphatic carbocycles. The zero-order valence-corrected chi connectivity index (χ0v) is 15.2. The van der Waals surface area contributed by atoms with Crippen LogP contribution in [0.5, 0.6) is 5.75 Å². The molecule has 26 heavy (non-hydrogen) atoms. The molecule has 4 nitrogen and oxygen atoms in total. The third-order valence-electron chi connectivity index (χ3n) is 5.07. The van der Waals surface area contributed by atoms with Crippen molar-refractivity contribution < 1.29 is 13.9 Å². The smallest absolute Gasteiger partial charge is 0.235 e. The Labute approximate surface area is 155 Å². The Morgan fingerprint density at radius 2 is 2.08 bits per heavy atom. The van der Waals surface area contributed by atoms with Crippen LogP contribution in [0.3, 0.4) is 0 Å². The number of hydrogen-bond acceptors (Lipinski definition) is 2. The van der Waals surface area contributed by atoms with Crippen molar-refractivity contribution in [1.82, 2.24) is 4.98 Å². The average molecular weight is 373 g/mol. The van der Waals surface area contributed by atoms with E-state index in [2.05, 4.69) is 10.3 Å². The van der Waals surface area contributed by atoms with Gasteiger partial charge in [0.25, 0.3) is 0 Å². The molecule has 1 heterocycles. The second-order valence-corrected chi connectivity index (χ2v) is 7.14. The van der Waals surface area contributed by atoms with Crippen LogP contribution in [0.25, 0.3) is 10.9 Å². The summed E-state index contributed by atoms with van der Waals surface area (Å²) < 4.78 is 19.0. The Morgan fingerprint density at radius 3 is 2.77 bits per heavy atom. The van der Waals surface area contributed by atoms with Crippen LogP contribution in [0, 0.1) is 12.7 Å². The minimum Gasteiger partial charge on any atom is -0.495 e. The molecule has 0 atom stereocenters. The second kappa shape index (κ2) is 6.02. The second-order valence-electron chi connectivity index (χ2n) is 6.73. The maximum atomic E-state index is 13.7. The van der Waals surface area contributed by atoms with E-state index in [1.54, 1.807) is 24.4 Å². The van der Waals surface area contributed by atoms with Gasteiger partial charge in [-0.1, -0.05) is 11.6 Å². The topological polar surface area (TPSA) is 54.1 Å². The Morgan fingerprint density at radius 1 is 1.31 bits per heavy atom. The number of rotatable bonds is 4. The highest BCUT2D eigenvalue weighted by Crippen LogP contribution is 2.51. The molecule has 2 N–H and O–H groups in total. The van der Waals surface area contributed by atoms with Crippen LogP contribution < -0.4 is 10.1 Å². The van der Waals surface area contributed by atoms with Crippen molar-refractivity contribution in [2.75, 3.05) is 12.4 Å². The van der Waals surface area contributed by atoms with E-state index >= 15 is 0 Å². The van der Waals surface area contributed by atoms with Crippen molar-refractivity contribution in [1.29, 1.82) is 0 Å². The predicted molar refractivity (Wildman–Crippen MR) is 101 cm³/mol. The summed E-state index contributed by atoms with van der Waals surface area (Å²) >= 11 is 6.13. The number of halogens is 2. The van der Waals surface area contributed by atoms with E-state index in [9.17, 15) is 9.18 Å². The lowest BCUT2D eigenvalue weighted by Crippen LogP contribution is -2.28. The van der Waals surface area contributed by atoms with Crippen LogP contribution in [0.15, 0.2) is 36.5 Å². The van der Waals surface area contributed by atoms with Crippen LogP contribution in [-0.4, -0.2) is 18.0 Å². The van der Waals surface area contributed by atoms with Gasteiger partial charge in [-0.15, -0.1) is 0 Å². The molecule has 0 radical (unpaired) electrons. The molecule has 1 saturated carbocycles. The van der Waals surface area contributed by atoms with E-state index < -0.39 is 5.41 Å². The Balaban J connectivity index is 1.70. The summed E-state index contributed by atoms with van der Waals surface area (Å²) in [5.74, 6) is 0.0713. The summed E-state index contributed by atoms with van der Waals surface area (Å²) in [7, 11) is 1.53. The standard InChI is InChI=1S/C20H18ClFN2O2/c1-11-7-17(18(26-2)9-15(11)21)24-19(25)20(5-6-20)14-10-23-16-4-3-12(22)8-13(14)16/h3-4,7-10,23H,5-6H2,1-2H3,(H,24,25). The summed E-state index contributed by atoms with van der Waals surface area (Å²) in [6.07, 6.45) is 3.25. The number of H-pyrrole nitrogens is 1. The van der Waals surface area contributed by atoms with Crippen molar-refractivity contribution >= 4 is 34.1 Å². The highest BCUT2D eigenvalue weighted by Gasteiger charge is 2.52. The van der Waals surface area contributed by atoms with Gasteiger partial charge in [-0.05, 0) is 55.2 Å². The SMILES string of the molecule is COc1cc(Cl)c(C)cc1NC(=O)C1(c2c[nH]c3ccc(F)cc23)CC1. The van der Waals surface area contributed by atoms with Crippen molar-refractivity contribution in [2.45, 2.75) is 25.2 Å². The van der Waals surface area contributed by atoms with Gasteiger partial charge in [-0.2, -0.15) is 0 Å². The molecule has 2 aromatic carbocycles. The number of anilines is 1. The molecule has 0 unspecified atom stereocenters. The fraction of sp³-hybridized carbons (Fsp3) is 0.250. The van der Waals surface area contributed by atoms with Crippen LogP contribution in [0.4, 0.5) is 10.1 Å². The van der Waals surface area contributed by atoms with Crippen molar-refractivity contribution in [3.05, 3.63) is 58.5 Å². The molecule has 1 amide bonds. The van der Waals surface area contributed by atoms with Crippen LogP contribution >= 0.6 is 11.6 Å². The Hall–Kier alpha value is -2.53. The third-order valence-corrected chi connectivity index (χ3v) is 5.48. The highest BCUT2D eigenvalue weighted by atomic mass is 35.5. The quantitative estimate of drug-likeness (QED) is 0.681. The molecule has 0 bridgehead atoms. The number of carbonyl (C=O) groups is 1. The average Bonchev–Trinajstić information content (AvgIpc) is 3.32. The molecule has 134 valence electrons. The predicted octanol–water partition coefficient (Wildman–Crippen LogP) is 4.95. The van der Waals surface area contributed by atoms with Gasteiger partial charge in [-0.25, -0.2) is 4.39 Å². The number of methoxy groups -OCH3 is 1. The summed E-state index contributed by atoms with van der Waals surface area (Å²) in [6.45, 7) is 1.87. The van der Waals surface area contributed by atoms with Crippen molar-refractivity contribution in [2.24, 2.45) is 0 Å². The van der Waals surface area contributed by atoms with E-state index in [0.29, 0.717) is 16.5 Å². The highest BCUT2D eigenvalue weighted by molar-refractivity contribution is 6.31. The summed E-state index contributed by atoms with van der Waals surface area (Å²) in [5.41, 5.74) is 2.43. The van der Waals surface area contributed by atoms with Crippen LogP contribution in [-0.2, 0) is 10.2 Å². The number of aromatic nitrogens is 1. The number of amides is 1. The largest absolute Gasteiger partial charge is 0.495 e. The lowest BCUT2D eigenvalue weighted by molar-refractivity contribution is -0.118. The monoisotopic (exact) mass is 372 g/mol. The van der Waals surface area contributed by atoms with Gasteiger partial charge < -0.3 is 15.0 Å². The third kappa shape index (κ3) is 2.63. The molecule has 1 aliphatic rings. The molecule has 0 saturated heterocycles. The minimum atomic E-state index is -0.648. The fourth-order valence-corrected chi connectivity index (χ4v) is 3.56. The number of benzene rings is 2. The number of carbonyl (C=O) groups excluding carboxylic acids is 1. The molecule has 3 aromatic rings. The Bertz CT molecular complexity index is 1020. The van der Waals surface area contributed by atoms with Gasteiger partial charge >= 0.3 is 0 Å². The normalized spacial score (nSPS) is 15.1. The zero-order chi connectivity index (χ0) is 18.5. The lowest BCUT2D eigenvalue weighted by atomic mass is 9.94. The van der Waals surface area contributed by atoms with Gasteiger partial charge in [0.05, 0.1) is 18.2 Å². The molecule has 1 aromatic heterocycles. The zero-order valence-electron chi connectivity index (χ0n) is 14.5. The first-order valence-electron chi connectivity index (χ1n) is 8.37. The maximum Gasteiger partial charge on any atom is 0.235 e. The molecule has 4 rings (SSSR count). The van der Waals surface area contributed by atoms with Gasteiger partial charge in [0, 0.05) is 28.2 Å².